The Balaban J connectivity index is 0.000000261. The Morgan fingerprint density at radius 3 is 2.50 bits per heavy atom. The third-order valence-corrected chi connectivity index (χ3v) is 1.67. The van der Waals surface area contributed by atoms with E-state index in [1.165, 1.54) is 19.2 Å². The minimum absolute atomic E-state index is 0.639. The van der Waals surface area contributed by atoms with Gasteiger partial charge in [-0.3, -0.25) is 4.79 Å². The van der Waals surface area contributed by atoms with E-state index in [2.05, 4.69) is 30.8 Å². The molecule has 3 nitrogen and oxygen atoms in total. The minimum Gasteiger partial charge on any atom is -0.312 e. The largest absolute Gasteiger partial charge is 0.312 e. The first-order valence-electron chi connectivity index (χ1n) is 4.18. The van der Waals surface area contributed by atoms with E-state index in [1.54, 1.807) is 0 Å². The maximum absolute atomic E-state index is 9.06. The van der Waals surface area contributed by atoms with Gasteiger partial charge in [0, 0.05) is 25.7 Å². The molecule has 0 unspecified atom stereocenters. The molecule has 0 spiro atoms. The normalized spacial score (nSPS) is 23.7. The lowest BCUT2D eigenvalue weighted by Gasteiger charge is -2.28. The van der Waals surface area contributed by atoms with Crippen LogP contribution in [0.3, 0.4) is 0 Å². The van der Waals surface area contributed by atoms with Gasteiger partial charge in [0.1, 0.15) is 6.29 Å². The van der Waals surface area contributed by atoms with E-state index in [9.17, 15) is 0 Å². The van der Waals surface area contributed by atoms with Crippen molar-refractivity contribution in [3.8, 4) is 0 Å². The quantitative estimate of drug-likeness (QED) is 0.453. The van der Waals surface area contributed by atoms with Crippen molar-refractivity contribution in [2.75, 3.05) is 26.7 Å². The van der Waals surface area contributed by atoms with Gasteiger partial charge >= 0.3 is 0 Å². The predicted octanol–water partition coefficient (Wildman–Crippen LogP) is 0.281. The summed E-state index contributed by atoms with van der Waals surface area (Å²) in [5.74, 6) is 0. The fourth-order valence-corrected chi connectivity index (χ4v) is 1.13. The molecule has 3 heteroatoms. The number of likely N-dealkylation sites (N-methyl/N-ethyl adjacent to an activating group) is 1. The fraction of sp³-hybridized carbons (Fsp3) is 0.667. The lowest BCUT2D eigenvalue weighted by atomic mass is 10.2. The van der Waals surface area contributed by atoms with Gasteiger partial charge < -0.3 is 10.2 Å². The number of rotatable bonds is 1. The van der Waals surface area contributed by atoms with Gasteiger partial charge in [0.15, 0.2) is 0 Å². The second-order valence-electron chi connectivity index (χ2n) is 2.99. The standard InChI is InChI=1S/C6H14N2.C3H4O/c1-6-5-8(2)4-3-7-6;1-2-3-4/h6-7H,3-5H2,1-2H3;2-3H,1H2/t6-;/m0./s1. The minimum atomic E-state index is 0.639. The Morgan fingerprint density at radius 2 is 2.25 bits per heavy atom. The third-order valence-electron chi connectivity index (χ3n) is 1.67. The molecule has 0 aliphatic carbocycles. The SMILES string of the molecule is C=CC=O.C[C@H]1CN(C)CCN1. The molecule has 0 radical (unpaired) electrons. The number of carbonyl (C=O) groups is 1. The van der Waals surface area contributed by atoms with Gasteiger partial charge in [-0.2, -0.15) is 0 Å². The van der Waals surface area contributed by atoms with Crippen LogP contribution in [-0.4, -0.2) is 43.9 Å². The lowest BCUT2D eigenvalue weighted by Crippen LogP contribution is -2.47. The highest BCUT2D eigenvalue weighted by Gasteiger charge is 2.09. The van der Waals surface area contributed by atoms with Gasteiger partial charge in [0.05, 0.1) is 0 Å². The van der Waals surface area contributed by atoms with Gasteiger partial charge in [0.2, 0.25) is 0 Å². The molecule has 12 heavy (non-hydrogen) atoms. The van der Waals surface area contributed by atoms with Crippen molar-refractivity contribution >= 4 is 6.29 Å². The van der Waals surface area contributed by atoms with Crippen LogP contribution < -0.4 is 5.32 Å². The summed E-state index contributed by atoms with van der Waals surface area (Å²) in [5.41, 5.74) is 0. The molecule has 0 amide bonds. The first kappa shape index (κ1) is 11.3. The maximum Gasteiger partial charge on any atom is 0.142 e. The van der Waals surface area contributed by atoms with Crippen LogP contribution >= 0.6 is 0 Å². The van der Waals surface area contributed by atoms with E-state index < -0.39 is 0 Å². The highest BCUT2D eigenvalue weighted by molar-refractivity contribution is 5.63. The zero-order chi connectivity index (χ0) is 9.40. The van der Waals surface area contributed by atoms with Crippen molar-refractivity contribution in [1.29, 1.82) is 0 Å². The average molecular weight is 170 g/mol. The molecule has 1 rings (SSSR count). The Morgan fingerprint density at radius 1 is 1.67 bits per heavy atom. The average Bonchev–Trinajstić information content (AvgIpc) is 2.04. The second-order valence-corrected chi connectivity index (χ2v) is 2.99. The summed E-state index contributed by atoms with van der Waals surface area (Å²) >= 11 is 0. The van der Waals surface area contributed by atoms with Gasteiger partial charge in [-0.25, -0.2) is 0 Å². The van der Waals surface area contributed by atoms with Gasteiger partial charge in [-0.15, -0.1) is 0 Å². The number of carbonyl (C=O) groups excluding carboxylic acids is 1. The Bertz CT molecular complexity index is 122. The molecule has 1 N–H and O–H groups in total. The van der Waals surface area contributed by atoms with Crippen LogP contribution in [0.2, 0.25) is 0 Å². The van der Waals surface area contributed by atoms with E-state index in [4.69, 9.17) is 4.79 Å². The van der Waals surface area contributed by atoms with E-state index in [0.29, 0.717) is 12.3 Å². The van der Waals surface area contributed by atoms with Crippen LogP contribution in [0.5, 0.6) is 0 Å². The van der Waals surface area contributed by atoms with Crippen LogP contribution in [0.1, 0.15) is 6.92 Å². The molecule has 70 valence electrons. The van der Waals surface area contributed by atoms with Crippen molar-refractivity contribution in [1.82, 2.24) is 10.2 Å². The Labute approximate surface area is 74.4 Å². The maximum atomic E-state index is 9.06. The summed E-state index contributed by atoms with van der Waals surface area (Å²) in [4.78, 5) is 11.4. The molecule has 1 atom stereocenters. The van der Waals surface area contributed by atoms with Crippen LogP contribution in [0.15, 0.2) is 12.7 Å². The molecular formula is C9H18N2O. The molecule has 1 saturated heterocycles. The number of hydrogen-bond donors (Lipinski definition) is 1. The van der Waals surface area contributed by atoms with Gasteiger partial charge in [-0.05, 0) is 20.0 Å². The predicted molar refractivity (Wildman–Crippen MR) is 51.2 cm³/mol. The first-order valence-corrected chi connectivity index (χ1v) is 4.18. The molecule has 1 aliphatic rings. The van der Waals surface area contributed by atoms with Crippen molar-refractivity contribution in [3.05, 3.63) is 12.7 Å². The molecule has 1 heterocycles. The summed E-state index contributed by atoms with van der Waals surface area (Å²) < 4.78 is 0. The van der Waals surface area contributed by atoms with E-state index in [1.807, 2.05) is 0 Å². The van der Waals surface area contributed by atoms with Crippen LogP contribution in [0, 0.1) is 0 Å². The van der Waals surface area contributed by atoms with Crippen molar-refractivity contribution < 1.29 is 4.79 Å². The van der Waals surface area contributed by atoms with Crippen LogP contribution in [0.4, 0.5) is 0 Å². The molecule has 0 bridgehead atoms. The summed E-state index contributed by atoms with van der Waals surface area (Å²) in [7, 11) is 2.16. The van der Waals surface area contributed by atoms with Crippen molar-refractivity contribution in [2.24, 2.45) is 0 Å². The number of piperazine rings is 1. The number of aldehydes is 1. The lowest BCUT2D eigenvalue weighted by molar-refractivity contribution is -0.104. The number of hydrogen-bond acceptors (Lipinski definition) is 3. The third kappa shape index (κ3) is 6.07. The van der Waals surface area contributed by atoms with Gasteiger partial charge in [0.25, 0.3) is 0 Å². The summed E-state index contributed by atoms with van der Waals surface area (Å²) in [6.45, 7) is 8.87. The molecule has 0 aromatic heterocycles. The van der Waals surface area contributed by atoms with Crippen LogP contribution in [-0.2, 0) is 4.79 Å². The van der Waals surface area contributed by atoms with Crippen molar-refractivity contribution in [2.45, 2.75) is 13.0 Å². The molecule has 1 fully saturated rings. The van der Waals surface area contributed by atoms with Crippen LogP contribution in [0.25, 0.3) is 0 Å². The Hall–Kier alpha value is -0.670. The monoisotopic (exact) mass is 170 g/mol. The molecule has 0 saturated carbocycles. The summed E-state index contributed by atoms with van der Waals surface area (Å²) in [6, 6.07) is 0.689. The topological polar surface area (TPSA) is 32.3 Å². The van der Waals surface area contributed by atoms with E-state index in [-0.39, 0.29) is 0 Å². The number of nitrogens with zero attached hydrogens (tertiary/aromatic N) is 1. The van der Waals surface area contributed by atoms with Crippen molar-refractivity contribution in [3.63, 3.8) is 0 Å². The second kappa shape index (κ2) is 7.00. The van der Waals surface area contributed by atoms with E-state index >= 15 is 0 Å². The summed E-state index contributed by atoms with van der Waals surface area (Å²) in [6.07, 6.45) is 1.83. The summed E-state index contributed by atoms with van der Waals surface area (Å²) in [5, 5.41) is 3.37. The molecule has 0 aromatic rings. The highest BCUT2D eigenvalue weighted by Crippen LogP contribution is 1.92. The molecule has 1 aliphatic heterocycles. The van der Waals surface area contributed by atoms with Gasteiger partial charge in [-0.1, -0.05) is 6.58 Å². The Kier molecular flexibility index (Phi) is 6.61. The smallest absolute Gasteiger partial charge is 0.142 e. The highest BCUT2D eigenvalue weighted by atomic mass is 16.1. The fourth-order valence-electron chi connectivity index (χ4n) is 1.13. The molecule has 0 aromatic carbocycles. The number of allylic oxidation sites excluding steroid dienone is 1. The first-order chi connectivity index (χ1) is 5.70. The zero-order valence-corrected chi connectivity index (χ0v) is 7.92. The number of nitrogens with one attached hydrogen (secondary N) is 1. The molecular weight excluding hydrogens is 152 g/mol. The van der Waals surface area contributed by atoms with E-state index in [0.717, 1.165) is 6.54 Å². The zero-order valence-electron chi connectivity index (χ0n) is 7.92.